The van der Waals surface area contributed by atoms with Gasteiger partial charge in [-0.25, -0.2) is 0 Å². The largest absolute Gasteiger partial charge is 0.466 e. The number of esters is 1. The summed E-state index contributed by atoms with van der Waals surface area (Å²) in [5.74, 6) is -0.261. The van der Waals surface area contributed by atoms with Crippen molar-refractivity contribution in [2.24, 2.45) is 0 Å². The molecule has 0 aromatic heterocycles. The van der Waals surface area contributed by atoms with Crippen LogP contribution in [0.4, 0.5) is 0 Å². The minimum absolute atomic E-state index is 0.222. The summed E-state index contributed by atoms with van der Waals surface area (Å²) in [6.07, 6.45) is 0.222. The molecule has 0 aliphatic carbocycles. The summed E-state index contributed by atoms with van der Waals surface area (Å²) < 4.78 is 5.59. The standard InChI is InChI=1S/C11H10BrNO2/c1-2-15-11(14)6-9-4-3-8(7-13)5-10(9)12/h3-5H,2,6H2,1H3. The summed E-state index contributed by atoms with van der Waals surface area (Å²) in [5, 5.41) is 8.66. The molecule has 15 heavy (non-hydrogen) atoms. The molecule has 0 amide bonds. The number of benzene rings is 1. The molecule has 0 saturated carbocycles. The third-order valence-electron chi connectivity index (χ3n) is 1.82. The van der Waals surface area contributed by atoms with E-state index in [0.29, 0.717) is 12.2 Å². The van der Waals surface area contributed by atoms with Crippen molar-refractivity contribution in [3.63, 3.8) is 0 Å². The van der Waals surface area contributed by atoms with E-state index >= 15 is 0 Å². The van der Waals surface area contributed by atoms with Gasteiger partial charge in [0.1, 0.15) is 0 Å². The Balaban J connectivity index is 2.79. The van der Waals surface area contributed by atoms with E-state index < -0.39 is 0 Å². The summed E-state index contributed by atoms with van der Waals surface area (Å²) in [5.41, 5.74) is 1.39. The quantitative estimate of drug-likeness (QED) is 0.791. The maximum atomic E-state index is 11.2. The lowest BCUT2D eigenvalue weighted by Crippen LogP contribution is -2.07. The molecule has 0 radical (unpaired) electrons. The molecule has 0 aliphatic heterocycles. The molecule has 1 aromatic carbocycles. The fourth-order valence-corrected chi connectivity index (χ4v) is 1.65. The van der Waals surface area contributed by atoms with Gasteiger partial charge < -0.3 is 4.74 Å². The minimum atomic E-state index is -0.261. The second-order valence-electron chi connectivity index (χ2n) is 2.90. The number of carbonyl (C=O) groups excluding carboxylic acids is 1. The van der Waals surface area contributed by atoms with Crippen LogP contribution in [0.25, 0.3) is 0 Å². The second kappa shape index (κ2) is 5.52. The molecule has 4 heteroatoms. The predicted molar refractivity (Wildman–Crippen MR) is 59.2 cm³/mol. The lowest BCUT2D eigenvalue weighted by Gasteiger charge is -2.04. The van der Waals surface area contributed by atoms with E-state index in [4.69, 9.17) is 10.00 Å². The smallest absolute Gasteiger partial charge is 0.310 e. The van der Waals surface area contributed by atoms with Crippen molar-refractivity contribution in [1.29, 1.82) is 5.26 Å². The zero-order valence-electron chi connectivity index (χ0n) is 8.29. The van der Waals surface area contributed by atoms with Crippen LogP contribution in [0.3, 0.4) is 0 Å². The first-order chi connectivity index (χ1) is 7.17. The van der Waals surface area contributed by atoms with Crippen LogP contribution in [0.2, 0.25) is 0 Å². The highest BCUT2D eigenvalue weighted by Crippen LogP contribution is 2.19. The molecule has 0 fully saturated rings. The molecule has 0 N–H and O–H groups in total. The highest BCUT2D eigenvalue weighted by molar-refractivity contribution is 9.10. The fraction of sp³-hybridized carbons (Fsp3) is 0.273. The topological polar surface area (TPSA) is 50.1 Å². The van der Waals surface area contributed by atoms with E-state index in [-0.39, 0.29) is 12.4 Å². The lowest BCUT2D eigenvalue weighted by atomic mass is 10.1. The van der Waals surface area contributed by atoms with Gasteiger partial charge in [-0.05, 0) is 24.6 Å². The fourth-order valence-electron chi connectivity index (χ4n) is 1.13. The van der Waals surface area contributed by atoms with E-state index in [9.17, 15) is 4.79 Å². The van der Waals surface area contributed by atoms with Crippen molar-refractivity contribution in [3.8, 4) is 6.07 Å². The molecule has 0 saturated heterocycles. The van der Waals surface area contributed by atoms with Crippen LogP contribution in [0.5, 0.6) is 0 Å². The first-order valence-corrected chi connectivity index (χ1v) is 5.30. The van der Waals surface area contributed by atoms with Gasteiger partial charge in [-0.15, -0.1) is 0 Å². The Bertz CT molecular complexity index is 410. The van der Waals surface area contributed by atoms with Crippen molar-refractivity contribution < 1.29 is 9.53 Å². The van der Waals surface area contributed by atoms with Crippen molar-refractivity contribution in [1.82, 2.24) is 0 Å². The van der Waals surface area contributed by atoms with Crippen molar-refractivity contribution in [3.05, 3.63) is 33.8 Å². The molecular weight excluding hydrogens is 258 g/mol. The van der Waals surface area contributed by atoms with Crippen LogP contribution in [-0.2, 0) is 16.0 Å². The Labute approximate surface area is 96.8 Å². The number of nitrogens with zero attached hydrogens (tertiary/aromatic N) is 1. The molecule has 0 spiro atoms. The molecule has 3 nitrogen and oxygen atoms in total. The Hall–Kier alpha value is -1.34. The van der Waals surface area contributed by atoms with Gasteiger partial charge in [0.25, 0.3) is 0 Å². The maximum Gasteiger partial charge on any atom is 0.310 e. The summed E-state index contributed by atoms with van der Waals surface area (Å²) in [4.78, 5) is 11.2. The first kappa shape index (κ1) is 11.7. The minimum Gasteiger partial charge on any atom is -0.466 e. The van der Waals surface area contributed by atoms with E-state index in [0.717, 1.165) is 10.0 Å². The van der Waals surface area contributed by atoms with Crippen molar-refractivity contribution >= 4 is 21.9 Å². The first-order valence-electron chi connectivity index (χ1n) is 4.51. The van der Waals surface area contributed by atoms with Gasteiger partial charge in [-0.2, -0.15) is 5.26 Å². The van der Waals surface area contributed by atoms with Gasteiger partial charge in [0.15, 0.2) is 0 Å². The molecule has 1 rings (SSSR count). The predicted octanol–water partition coefficient (Wildman–Crippen LogP) is 2.43. The number of rotatable bonds is 3. The number of nitriles is 1. The van der Waals surface area contributed by atoms with Crippen LogP contribution >= 0.6 is 15.9 Å². The molecule has 0 bridgehead atoms. The molecule has 0 aliphatic rings. The monoisotopic (exact) mass is 267 g/mol. The summed E-state index contributed by atoms with van der Waals surface area (Å²) >= 11 is 3.31. The Kier molecular flexibility index (Phi) is 4.32. The third kappa shape index (κ3) is 3.37. The van der Waals surface area contributed by atoms with E-state index in [2.05, 4.69) is 15.9 Å². The van der Waals surface area contributed by atoms with Crippen LogP contribution in [-0.4, -0.2) is 12.6 Å². The number of ether oxygens (including phenoxy) is 1. The van der Waals surface area contributed by atoms with Crippen molar-refractivity contribution in [2.75, 3.05) is 6.61 Å². The highest BCUT2D eigenvalue weighted by Gasteiger charge is 2.07. The Morgan fingerprint density at radius 3 is 2.87 bits per heavy atom. The number of hydrogen-bond donors (Lipinski definition) is 0. The van der Waals surface area contributed by atoms with Crippen molar-refractivity contribution in [2.45, 2.75) is 13.3 Å². The number of carbonyl (C=O) groups is 1. The van der Waals surface area contributed by atoms with Gasteiger partial charge in [0.05, 0.1) is 24.7 Å². The van der Waals surface area contributed by atoms with Gasteiger partial charge in [-0.3, -0.25) is 4.79 Å². The highest BCUT2D eigenvalue weighted by atomic mass is 79.9. The Morgan fingerprint density at radius 2 is 2.33 bits per heavy atom. The van der Waals surface area contributed by atoms with E-state index in [1.54, 1.807) is 25.1 Å². The van der Waals surface area contributed by atoms with Crippen LogP contribution < -0.4 is 0 Å². The van der Waals surface area contributed by atoms with Gasteiger partial charge in [-0.1, -0.05) is 22.0 Å². The van der Waals surface area contributed by atoms with Gasteiger partial charge in [0, 0.05) is 4.47 Å². The molecule has 0 atom stereocenters. The van der Waals surface area contributed by atoms with Crippen LogP contribution in [0.1, 0.15) is 18.1 Å². The maximum absolute atomic E-state index is 11.2. The van der Waals surface area contributed by atoms with E-state index in [1.807, 2.05) is 6.07 Å². The zero-order chi connectivity index (χ0) is 11.3. The lowest BCUT2D eigenvalue weighted by molar-refractivity contribution is -0.142. The summed E-state index contributed by atoms with van der Waals surface area (Å²) in [6, 6.07) is 7.15. The van der Waals surface area contributed by atoms with Gasteiger partial charge in [0.2, 0.25) is 0 Å². The SMILES string of the molecule is CCOC(=O)Cc1ccc(C#N)cc1Br. The summed E-state index contributed by atoms with van der Waals surface area (Å²) in [6.45, 7) is 2.15. The summed E-state index contributed by atoms with van der Waals surface area (Å²) in [7, 11) is 0. The number of halogens is 1. The normalized spacial score (nSPS) is 9.40. The average Bonchev–Trinajstić information content (AvgIpc) is 2.21. The second-order valence-corrected chi connectivity index (χ2v) is 3.75. The molecular formula is C11H10BrNO2. The zero-order valence-corrected chi connectivity index (χ0v) is 9.87. The van der Waals surface area contributed by atoms with Crippen LogP contribution in [0.15, 0.2) is 22.7 Å². The molecule has 0 unspecified atom stereocenters. The van der Waals surface area contributed by atoms with Crippen LogP contribution in [0, 0.1) is 11.3 Å². The van der Waals surface area contributed by atoms with Gasteiger partial charge >= 0.3 is 5.97 Å². The number of hydrogen-bond acceptors (Lipinski definition) is 3. The third-order valence-corrected chi connectivity index (χ3v) is 2.56. The van der Waals surface area contributed by atoms with E-state index in [1.165, 1.54) is 0 Å². The Morgan fingerprint density at radius 1 is 1.60 bits per heavy atom. The average molecular weight is 268 g/mol. The molecule has 78 valence electrons. The molecule has 0 heterocycles. The molecule has 1 aromatic rings.